The molecular weight excluding hydrogens is 370 g/mol. The number of carbonyl (C=O) groups is 1. The van der Waals surface area contributed by atoms with E-state index in [9.17, 15) is 13.2 Å². The number of rotatable bonds is 8. The van der Waals surface area contributed by atoms with Crippen molar-refractivity contribution in [3.8, 4) is 5.75 Å². The molecule has 10 heteroatoms. The molecule has 0 saturated heterocycles. The quantitative estimate of drug-likeness (QED) is 0.668. The third-order valence-corrected chi connectivity index (χ3v) is 4.80. The number of nitrogens with one attached hydrogen (secondary N) is 2. The minimum atomic E-state index is -4.20. The molecule has 0 atom stereocenters. The summed E-state index contributed by atoms with van der Waals surface area (Å²) in [5.74, 6) is -0.781. The van der Waals surface area contributed by atoms with Gasteiger partial charge in [-0.1, -0.05) is 18.5 Å². The number of ether oxygens (including phenoxy) is 2. The van der Waals surface area contributed by atoms with E-state index in [1.54, 1.807) is 0 Å². The van der Waals surface area contributed by atoms with Crippen LogP contribution >= 0.6 is 11.6 Å². The molecule has 1 amide bonds. The largest absolute Gasteiger partial charge is 0.490 e. The third kappa shape index (κ3) is 4.94. The lowest BCUT2D eigenvalue weighted by Gasteiger charge is -2.12. The van der Waals surface area contributed by atoms with Crippen LogP contribution in [-0.2, 0) is 21.2 Å². The standard InChI is InChI=1S/C15H18ClN3O5S/c1-3-11-9-12(18-17-11)15(20)19-25(21,22)14-8-10(16)4-5-13(14)24-7-6-23-2/h4-5,8-9H,3,6-7H2,1-2H3,(H,17,18)(H,19,20). The molecule has 0 radical (unpaired) electrons. The second kappa shape index (κ2) is 8.32. The lowest BCUT2D eigenvalue weighted by atomic mass is 10.3. The van der Waals surface area contributed by atoms with Gasteiger partial charge in [0.25, 0.3) is 15.9 Å². The molecule has 2 aromatic rings. The van der Waals surface area contributed by atoms with Crippen LogP contribution in [0, 0.1) is 0 Å². The average molecular weight is 388 g/mol. The Labute approximate surface area is 150 Å². The van der Waals surface area contributed by atoms with Crippen molar-refractivity contribution in [2.45, 2.75) is 18.2 Å². The second-order valence-electron chi connectivity index (χ2n) is 5.00. The molecule has 2 rings (SSSR count). The summed E-state index contributed by atoms with van der Waals surface area (Å²) in [5.41, 5.74) is 0.693. The van der Waals surface area contributed by atoms with Crippen LogP contribution in [0.2, 0.25) is 5.02 Å². The number of aromatic amines is 1. The summed E-state index contributed by atoms with van der Waals surface area (Å²) in [5, 5.41) is 6.64. The Morgan fingerprint density at radius 1 is 1.32 bits per heavy atom. The summed E-state index contributed by atoms with van der Waals surface area (Å²) in [7, 11) is -2.70. The number of benzene rings is 1. The number of sulfonamides is 1. The van der Waals surface area contributed by atoms with Crippen molar-refractivity contribution >= 4 is 27.5 Å². The van der Waals surface area contributed by atoms with E-state index in [-0.39, 0.29) is 34.6 Å². The molecule has 0 saturated carbocycles. The van der Waals surface area contributed by atoms with Crippen LogP contribution < -0.4 is 9.46 Å². The predicted molar refractivity (Wildman–Crippen MR) is 91.4 cm³/mol. The molecule has 0 spiro atoms. The second-order valence-corrected chi connectivity index (χ2v) is 7.09. The highest BCUT2D eigenvalue weighted by Gasteiger charge is 2.24. The lowest BCUT2D eigenvalue weighted by molar-refractivity contribution is 0.0976. The summed E-state index contributed by atoms with van der Waals surface area (Å²) < 4.78 is 37.3. The van der Waals surface area contributed by atoms with Crippen LogP contribution in [0.15, 0.2) is 29.2 Å². The Hall–Kier alpha value is -2.10. The number of H-pyrrole nitrogens is 1. The minimum Gasteiger partial charge on any atom is -0.490 e. The zero-order chi connectivity index (χ0) is 18.4. The zero-order valence-electron chi connectivity index (χ0n) is 13.7. The first kappa shape index (κ1) is 19.2. The molecule has 1 aromatic carbocycles. The van der Waals surface area contributed by atoms with Gasteiger partial charge < -0.3 is 9.47 Å². The Morgan fingerprint density at radius 3 is 2.72 bits per heavy atom. The van der Waals surface area contributed by atoms with Gasteiger partial charge in [0, 0.05) is 17.8 Å². The molecule has 1 aromatic heterocycles. The van der Waals surface area contributed by atoms with Gasteiger partial charge in [0.15, 0.2) is 5.69 Å². The van der Waals surface area contributed by atoms with Crippen molar-refractivity contribution in [2.75, 3.05) is 20.3 Å². The molecule has 0 aliphatic heterocycles. The first-order valence-electron chi connectivity index (χ1n) is 7.40. The summed E-state index contributed by atoms with van der Waals surface area (Å²) >= 11 is 5.89. The first-order valence-corrected chi connectivity index (χ1v) is 9.26. The fraction of sp³-hybridized carbons (Fsp3) is 0.333. The van der Waals surface area contributed by atoms with Gasteiger partial charge in [0.2, 0.25) is 0 Å². The first-order chi connectivity index (χ1) is 11.9. The maximum absolute atomic E-state index is 12.6. The van der Waals surface area contributed by atoms with E-state index in [0.717, 1.165) is 0 Å². The van der Waals surface area contributed by atoms with Gasteiger partial charge in [-0.3, -0.25) is 9.89 Å². The molecule has 25 heavy (non-hydrogen) atoms. The molecule has 0 unspecified atom stereocenters. The number of halogens is 1. The smallest absolute Gasteiger partial charge is 0.285 e. The van der Waals surface area contributed by atoms with Crippen LogP contribution in [0.25, 0.3) is 0 Å². The van der Waals surface area contributed by atoms with Gasteiger partial charge in [-0.15, -0.1) is 0 Å². The monoisotopic (exact) mass is 387 g/mol. The van der Waals surface area contributed by atoms with Gasteiger partial charge in [-0.2, -0.15) is 5.10 Å². The number of nitrogens with zero attached hydrogens (tertiary/aromatic N) is 1. The Kier molecular flexibility index (Phi) is 6.40. The van der Waals surface area contributed by atoms with Crippen molar-refractivity contribution in [1.29, 1.82) is 0 Å². The number of aromatic nitrogens is 2. The number of hydrogen-bond acceptors (Lipinski definition) is 6. The van der Waals surface area contributed by atoms with E-state index in [4.69, 9.17) is 21.1 Å². The van der Waals surface area contributed by atoms with Crippen LogP contribution in [0.3, 0.4) is 0 Å². The van der Waals surface area contributed by atoms with Crippen LogP contribution in [0.1, 0.15) is 23.1 Å². The van der Waals surface area contributed by atoms with Crippen LogP contribution in [0.4, 0.5) is 0 Å². The summed E-state index contributed by atoms with van der Waals surface area (Å²) in [6, 6.07) is 5.60. The average Bonchev–Trinajstić information content (AvgIpc) is 3.05. The Bertz CT molecular complexity index is 851. The van der Waals surface area contributed by atoms with Crippen molar-refractivity contribution in [3.05, 3.63) is 40.7 Å². The molecule has 8 nitrogen and oxygen atoms in total. The fourth-order valence-corrected chi connectivity index (χ4v) is 3.30. The molecule has 0 fully saturated rings. The lowest BCUT2D eigenvalue weighted by Crippen LogP contribution is -2.31. The normalized spacial score (nSPS) is 11.3. The Balaban J connectivity index is 2.25. The summed E-state index contributed by atoms with van der Waals surface area (Å²) in [6.45, 7) is 2.30. The van der Waals surface area contributed by atoms with Crippen molar-refractivity contribution in [3.63, 3.8) is 0 Å². The predicted octanol–water partition coefficient (Wildman–Crippen LogP) is 1.77. The highest BCUT2D eigenvalue weighted by atomic mass is 35.5. The molecule has 0 bridgehead atoms. The van der Waals surface area contributed by atoms with Crippen LogP contribution in [0.5, 0.6) is 5.75 Å². The van der Waals surface area contributed by atoms with Crippen molar-refractivity contribution in [2.24, 2.45) is 0 Å². The maximum atomic E-state index is 12.6. The van der Waals surface area contributed by atoms with Crippen LogP contribution in [-0.4, -0.2) is 44.8 Å². The Morgan fingerprint density at radius 2 is 2.08 bits per heavy atom. The number of carbonyl (C=O) groups excluding carboxylic acids is 1. The fourth-order valence-electron chi connectivity index (χ4n) is 1.93. The van der Waals surface area contributed by atoms with E-state index in [1.165, 1.54) is 31.4 Å². The number of amides is 1. The van der Waals surface area contributed by atoms with Gasteiger partial charge in [0.1, 0.15) is 17.3 Å². The van der Waals surface area contributed by atoms with E-state index in [2.05, 4.69) is 10.2 Å². The zero-order valence-corrected chi connectivity index (χ0v) is 15.3. The van der Waals surface area contributed by atoms with E-state index in [0.29, 0.717) is 12.1 Å². The van der Waals surface area contributed by atoms with Gasteiger partial charge in [-0.25, -0.2) is 13.1 Å². The highest BCUT2D eigenvalue weighted by Crippen LogP contribution is 2.27. The molecule has 0 aliphatic carbocycles. The maximum Gasteiger partial charge on any atom is 0.285 e. The van der Waals surface area contributed by atoms with E-state index >= 15 is 0 Å². The number of hydrogen-bond donors (Lipinski definition) is 2. The van der Waals surface area contributed by atoms with E-state index < -0.39 is 15.9 Å². The highest BCUT2D eigenvalue weighted by molar-refractivity contribution is 7.90. The summed E-state index contributed by atoms with van der Waals surface area (Å²) in [6.07, 6.45) is 0.638. The molecular formula is C15H18ClN3O5S. The molecule has 1 heterocycles. The molecule has 2 N–H and O–H groups in total. The van der Waals surface area contributed by atoms with Crippen molar-refractivity contribution in [1.82, 2.24) is 14.9 Å². The number of aryl methyl sites for hydroxylation is 1. The number of methoxy groups -OCH3 is 1. The topological polar surface area (TPSA) is 110 Å². The van der Waals surface area contributed by atoms with Gasteiger partial charge in [0.05, 0.1) is 6.61 Å². The van der Waals surface area contributed by atoms with E-state index in [1.807, 2.05) is 11.6 Å². The SMILES string of the molecule is CCc1cc(C(=O)NS(=O)(=O)c2cc(Cl)ccc2OCCOC)n[nH]1. The third-order valence-electron chi connectivity index (χ3n) is 3.21. The molecule has 0 aliphatic rings. The summed E-state index contributed by atoms with van der Waals surface area (Å²) in [4.78, 5) is 11.9. The van der Waals surface area contributed by atoms with Crippen molar-refractivity contribution < 1.29 is 22.7 Å². The minimum absolute atomic E-state index is 0.0238. The molecule has 136 valence electrons. The van der Waals surface area contributed by atoms with Gasteiger partial charge >= 0.3 is 0 Å². The van der Waals surface area contributed by atoms with Gasteiger partial charge in [-0.05, 0) is 30.7 Å².